The van der Waals surface area contributed by atoms with E-state index in [9.17, 15) is 8.42 Å². The minimum absolute atomic E-state index is 0.185. The van der Waals surface area contributed by atoms with Crippen LogP contribution in [0, 0.1) is 11.8 Å². The van der Waals surface area contributed by atoms with Crippen molar-refractivity contribution in [2.45, 2.75) is 37.5 Å². The predicted molar refractivity (Wildman–Crippen MR) is 83.7 cm³/mol. The summed E-state index contributed by atoms with van der Waals surface area (Å²) in [5.41, 5.74) is 6.09. The van der Waals surface area contributed by atoms with Gasteiger partial charge in [-0.1, -0.05) is 19.8 Å². The summed E-state index contributed by atoms with van der Waals surface area (Å²) >= 11 is 0. The fourth-order valence-corrected chi connectivity index (χ4v) is 4.09. The lowest BCUT2D eigenvalue weighted by Gasteiger charge is -2.26. The van der Waals surface area contributed by atoms with Crippen LogP contribution in [0.2, 0.25) is 0 Å². The highest BCUT2D eigenvalue weighted by molar-refractivity contribution is 7.89. The van der Waals surface area contributed by atoms with Gasteiger partial charge in [0.2, 0.25) is 10.0 Å². The summed E-state index contributed by atoms with van der Waals surface area (Å²) < 4.78 is 32.3. The molecule has 5 nitrogen and oxygen atoms in total. The van der Waals surface area contributed by atoms with Crippen molar-refractivity contribution in [3.8, 4) is 5.75 Å². The molecule has 2 unspecified atom stereocenters. The maximum absolute atomic E-state index is 12.3. The van der Waals surface area contributed by atoms with E-state index in [1.165, 1.54) is 32.1 Å². The zero-order chi connectivity index (χ0) is 15.5. The van der Waals surface area contributed by atoms with Gasteiger partial charge in [-0.2, -0.15) is 0 Å². The van der Waals surface area contributed by atoms with Crippen molar-refractivity contribution in [2.75, 3.05) is 19.4 Å². The van der Waals surface area contributed by atoms with Crippen molar-refractivity contribution in [3.05, 3.63) is 18.2 Å². The van der Waals surface area contributed by atoms with Crippen LogP contribution in [-0.4, -0.2) is 22.1 Å². The first-order chi connectivity index (χ1) is 9.92. The van der Waals surface area contributed by atoms with E-state index in [0.717, 1.165) is 12.8 Å². The van der Waals surface area contributed by atoms with Crippen molar-refractivity contribution in [3.63, 3.8) is 0 Å². The normalized spacial score (nSPS) is 23.0. The molecule has 1 saturated carbocycles. The monoisotopic (exact) mass is 312 g/mol. The van der Waals surface area contributed by atoms with Crippen LogP contribution in [0.3, 0.4) is 0 Å². The third kappa shape index (κ3) is 4.11. The smallest absolute Gasteiger partial charge is 0.240 e. The van der Waals surface area contributed by atoms with Gasteiger partial charge in [0.25, 0.3) is 0 Å². The van der Waals surface area contributed by atoms with Gasteiger partial charge in [-0.25, -0.2) is 13.1 Å². The average molecular weight is 312 g/mol. The number of hydrogen-bond acceptors (Lipinski definition) is 4. The van der Waals surface area contributed by atoms with E-state index in [0.29, 0.717) is 29.8 Å². The molecule has 0 spiro atoms. The van der Waals surface area contributed by atoms with Gasteiger partial charge < -0.3 is 10.5 Å². The molecule has 0 heterocycles. The highest BCUT2D eigenvalue weighted by Gasteiger charge is 2.22. The van der Waals surface area contributed by atoms with Crippen molar-refractivity contribution >= 4 is 15.7 Å². The SMILES string of the molecule is COc1ccc(S(=O)(=O)NCC2CCCC(C)C2)cc1N. The lowest BCUT2D eigenvalue weighted by Crippen LogP contribution is -2.31. The average Bonchev–Trinajstić information content (AvgIpc) is 2.45. The fraction of sp³-hybridized carbons (Fsp3) is 0.600. The first-order valence-electron chi connectivity index (χ1n) is 7.35. The second-order valence-electron chi connectivity index (χ2n) is 5.89. The number of hydrogen-bond donors (Lipinski definition) is 2. The number of ether oxygens (including phenoxy) is 1. The molecule has 0 aromatic heterocycles. The molecule has 21 heavy (non-hydrogen) atoms. The lowest BCUT2D eigenvalue weighted by atomic mass is 9.83. The van der Waals surface area contributed by atoms with E-state index in [-0.39, 0.29) is 4.90 Å². The molecule has 6 heteroatoms. The topological polar surface area (TPSA) is 81.4 Å². The molecular weight excluding hydrogens is 288 g/mol. The highest BCUT2D eigenvalue weighted by atomic mass is 32.2. The Morgan fingerprint density at radius 3 is 2.76 bits per heavy atom. The Morgan fingerprint density at radius 2 is 2.14 bits per heavy atom. The first kappa shape index (κ1) is 16.1. The van der Waals surface area contributed by atoms with Gasteiger partial charge in [0.1, 0.15) is 5.75 Å². The molecule has 1 fully saturated rings. The van der Waals surface area contributed by atoms with Crippen LogP contribution in [0.1, 0.15) is 32.6 Å². The molecule has 1 aliphatic carbocycles. The number of sulfonamides is 1. The largest absolute Gasteiger partial charge is 0.495 e. The molecule has 0 amide bonds. The van der Waals surface area contributed by atoms with Crippen molar-refractivity contribution in [1.29, 1.82) is 0 Å². The number of anilines is 1. The van der Waals surface area contributed by atoms with Crippen molar-refractivity contribution < 1.29 is 13.2 Å². The molecule has 0 saturated heterocycles. The summed E-state index contributed by atoms with van der Waals surface area (Å²) in [4.78, 5) is 0.185. The number of methoxy groups -OCH3 is 1. The van der Waals surface area contributed by atoms with Gasteiger partial charge in [0.05, 0.1) is 17.7 Å². The minimum Gasteiger partial charge on any atom is -0.495 e. The molecule has 2 rings (SSSR count). The van der Waals surface area contributed by atoms with Crippen LogP contribution in [0.4, 0.5) is 5.69 Å². The van der Waals surface area contributed by atoms with E-state index >= 15 is 0 Å². The summed E-state index contributed by atoms with van der Waals surface area (Å²) in [7, 11) is -2.01. The van der Waals surface area contributed by atoms with Gasteiger partial charge >= 0.3 is 0 Å². The number of nitrogens with one attached hydrogen (secondary N) is 1. The van der Waals surface area contributed by atoms with Crippen molar-refractivity contribution in [1.82, 2.24) is 4.72 Å². The standard InChI is InChI=1S/C15H24N2O3S/c1-11-4-3-5-12(8-11)10-17-21(18,19)13-6-7-15(20-2)14(16)9-13/h6-7,9,11-12,17H,3-5,8,10,16H2,1-2H3. The van der Waals surface area contributed by atoms with Crippen LogP contribution in [0.25, 0.3) is 0 Å². The Kier molecular flexibility index (Phi) is 5.11. The van der Waals surface area contributed by atoms with E-state index < -0.39 is 10.0 Å². The fourth-order valence-electron chi connectivity index (χ4n) is 2.94. The second-order valence-corrected chi connectivity index (χ2v) is 7.66. The van der Waals surface area contributed by atoms with Gasteiger partial charge in [-0.05, 0) is 42.9 Å². The zero-order valence-electron chi connectivity index (χ0n) is 12.6. The predicted octanol–water partition coefficient (Wildman–Crippen LogP) is 2.38. The summed E-state index contributed by atoms with van der Waals surface area (Å²) in [6, 6.07) is 4.53. The summed E-state index contributed by atoms with van der Waals surface area (Å²) in [5.74, 6) is 1.60. The molecule has 1 aromatic carbocycles. The number of nitrogens with two attached hydrogens (primary N) is 1. The Balaban J connectivity index is 2.02. The third-order valence-electron chi connectivity index (χ3n) is 4.12. The maximum Gasteiger partial charge on any atom is 0.240 e. The van der Waals surface area contributed by atoms with E-state index in [1.807, 2.05) is 0 Å². The molecule has 118 valence electrons. The molecule has 1 aliphatic rings. The van der Waals surface area contributed by atoms with Gasteiger partial charge in [0, 0.05) is 6.54 Å². The van der Waals surface area contributed by atoms with E-state index in [4.69, 9.17) is 10.5 Å². The van der Waals surface area contributed by atoms with Crippen LogP contribution < -0.4 is 15.2 Å². The maximum atomic E-state index is 12.3. The summed E-state index contributed by atoms with van der Waals surface area (Å²) in [5, 5.41) is 0. The minimum atomic E-state index is -3.51. The summed E-state index contributed by atoms with van der Waals surface area (Å²) in [6.45, 7) is 2.73. The van der Waals surface area contributed by atoms with Gasteiger partial charge in [-0.3, -0.25) is 0 Å². The molecule has 0 radical (unpaired) electrons. The number of rotatable bonds is 5. The highest BCUT2D eigenvalue weighted by Crippen LogP contribution is 2.29. The molecule has 0 bridgehead atoms. The number of nitrogen functional groups attached to an aromatic ring is 1. The zero-order valence-corrected chi connectivity index (χ0v) is 13.4. The second kappa shape index (κ2) is 6.66. The molecular formula is C15H24N2O3S. The quantitative estimate of drug-likeness (QED) is 0.818. The van der Waals surface area contributed by atoms with Crippen LogP contribution >= 0.6 is 0 Å². The molecule has 1 aromatic rings. The Bertz CT molecular complexity index is 587. The Morgan fingerprint density at radius 1 is 1.38 bits per heavy atom. The van der Waals surface area contributed by atoms with Gasteiger partial charge in [-0.15, -0.1) is 0 Å². The summed E-state index contributed by atoms with van der Waals surface area (Å²) in [6.07, 6.45) is 4.62. The van der Waals surface area contributed by atoms with Crippen LogP contribution in [0.15, 0.2) is 23.1 Å². The van der Waals surface area contributed by atoms with Gasteiger partial charge in [0.15, 0.2) is 0 Å². The Hall–Kier alpha value is -1.27. The molecule has 2 atom stereocenters. The Labute approximate surface area is 126 Å². The molecule has 3 N–H and O–H groups in total. The van der Waals surface area contributed by atoms with E-state index in [2.05, 4.69) is 11.6 Å². The third-order valence-corrected chi connectivity index (χ3v) is 5.54. The van der Waals surface area contributed by atoms with Crippen molar-refractivity contribution in [2.24, 2.45) is 11.8 Å². The lowest BCUT2D eigenvalue weighted by molar-refractivity contribution is 0.283. The van der Waals surface area contributed by atoms with Crippen LogP contribution in [0.5, 0.6) is 5.75 Å². The first-order valence-corrected chi connectivity index (χ1v) is 8.84. The van der Waals surface area contributed by atoms with E-state index in [1.54, 1.807) is 6.07 Å². The van der Waals surface area contributed by atoms with Crippen LogP contribution in [-0.2, 0) is 10.0 Å². The number of benzene rings is 1. The molecule has 0 aliphatic heterocycles.